The Balaban J connectivity index is 1.85. The van der Waals surface area contributed by atoms with E-state index in [0.29, 0.717) is 19.3 Å². The van der Waals surface area contributed by atoms with E-state index in [9.17, 15) is 25.5 Å². The Kier molecular flexibility index (Phi) is 3.49. The van der Waals surface area contributed by atoms with Crippen molar-refractivity contribution in [3.63, 3.8) is 0 Å². The van der Waals surface area contributed by atoms with Gasteiger partial charge in [-0.15, -0.1) is 0 Å². The standard InChI is InChI=1S/C20H32O5/c1-10-11-5-6-12-16(23)19(11,9-18(12,4)24)8-15(22)20(25)13(10)7-14(21)17(20,2)3/h11-16,21-25H,1,5-9H2,2-4H3/t11-,12+,13-,14?,15?,16?,18-,19+,20+/m1/s1. The van der Waals surface area contributed by atoms with Gasteiger partial charge < -0.3 is 25.5 Å². The summed E-state index contributed by atoms with van der Waals surface area (Å²) >= 11 is 0. The maximum Gasteiger partial charge on any atom is 0.105 e. The first-order chi connectivity index (χ1) is 11.4. The van der Waals surface area contributed by atoms with Crippen molar-refractivity contribution in [3.05, 3.63) is 12.2 Å². The molecular weight excluding hydrogens is 320 g/mol. The summed E-state index contributed by atoms with van der Waals surface area (Å²) < 4.78 is 0. The van der Waals surface area contributed by atoms with E-state index in [-0.39, 0.29) is 18.3 Å². The van der Waals surface area contributed by atoms with Gasteiger partial charge in [0.2, 0.25) is 0 Å². The molecule has 0 radical (unpaired) electrons. The highest BCUT2D eigenvalue weighted by Crippen LogP contribution is 2.68. The first-order valence-corrected chi connectivity index (χ1v) is 9.57. The minimum Gasteiger partial charge on any atom is -0.392 e. The normalized spacial score (nSPS) is 60.1. The first kappa shape index (κ1) is 17.9. The van der Waals surface area contributed by atoms with Gasteiger partial charge in [-0.1, -0.05) is 26.0 Å². The molecule has 4 aliphatic rings. The molecule has 1 spiro atoms. The summed E-state index contributed by atoms with van der Waals surface area (Å²) in [5.74, 6) is -0.649. The molecule has 4 rings (SSSR count). The third kappa shape index (κ3) is 1.86. The minimum atomic E-state index is -1.47. The summed E-state index contributed by atoms with van der Waals surface area (Å²) in [5.41, 5.74) is -3.12. The van der Waals surface area contributed by atoms with Crippen LogP contribution in [0.4, 0.5) is 0 Å². The molecule has 4 saturated carbocycles. The Bertz CT molecular complexity index is 613. The van der Waals surface area contributed by atoms with Crippen molar-refractivity contribution in [2.75, 3.05) is 0 Å². The van der Waals surface area contributed by atoms with Crippen molar-refractivity contribution in [1.29, 1.82) is 0 Å². The molecule has 4 fully saturated rings. The lowest BCUT2D eigenvalue weighted by atomic mass is 9.61. The number of hydrogen-bond acceptors (Lipinski definition) is 5. The highest BCUT2D eigenvalue weighted by molar-refractivity contribution is 5.31. The smallest absolute Gasteiger partial charge is 0.105 e. The average molecular weight is 352 g/mol. The summed E-state index contributed by atoms with van der Waals surface area (Å²) in [7, 11) is 0. The quantitative estimate of drug-likeness (QED) is 0.418. The van der Waals surface area contributed by atoms with Gasteiger partial charge >= 0.3 is 0 Å². The molecule has 5 nitrogen and oxygen atoms in total. The summed E-state index contributed by atoms with van der Waals surface area (Å²) in [5, 5.41) is 55.2. The van der Waals surface area contributed by atoms with Gasteiger partial charge in [0.1, 0.15) is 5.60 Å². The lowest BCUT2D eigenvalue weighted by Crippen LogP contribution is -2.57. The van der Waals surface area contributed by atoms with E-state index in [1.54, 1.807) is 20.8 Å². The number of aliphatic hydroxyl groups excluding tert-OH is 3. The van der Waals surface area contributed by atoms with Crippen LogP contribution in [0.3, 0.4) is 0 Å². The molecule has 4 aliphatic carbocycles. The fourth-order valence-electron chi connectivity index (χ4n) is 7.23. The molecule has 0 heterocycles. The number of fused-ring (bicyclic) bond motifs is 2. The van der Waals surface area contributed by atoms with Crippen LogP contribution in [-0.2, 0) is 0 Å². The van der Waals surface area contributed by atoms with Gasteiger partial charge in [-0.05, 0) is 44.9 Å². The monoisotopic (exact) mass is 352 g/mol. The fraction of sp³-hybridized carbons (Fsp3) is 0.900. The van der Waals surface area contributed by atoms with Crippen LogP contribution in [-0.4, -0.2) is 55.0 Å². The Hall–Kier alpha value is -0.460. The summed E-state index contributed by atoms with van der Waals surface area (Å²) in [6, 6.07) is 0. The van der Waals surface area contributed by atoms with E-state index < -0.39 is 46.3 Å². The molecule has 5 N–H and O–H groups in total. The SMILES string of the molecule is C=C1[C@H]2CC[C@H]3C(O)[C@@]2(CC(O)[C@@]2(O)[C@@H]1CC(O)C2(C)C)C[C@@]3(C)O. The molecule has 142 valence electrons. The Morgan fingerprint density at radius 2 is 1.60 bits per heavy atom. The molecule has 0 aromatic heterocycles. The Morgan fingerprint density at radius 3 is 2.24 bits per heavy atom. The highest BCUT2D eigenvalue weighted by atomic mass is 16.4. The van der Waals surface area contributed by atoms with Crippen LogP contribution in [0.1, 0.15) is 52.9 Å². The first-order valence-electron chi connectivity index (χ1n) is 9.57. The number of rotatable bonds is 0. The number of aliphatic hydroxyl groups is 5. The molecule has 0 aliphatic heterocycles. The molecule has 5 heteroatoms. The zero-order valence-corrected chi connectivity index (χ0v) is 15.4. The van der Waals surface area contributed by atoms with Gasteiger partial charge in [0.05, 0.1) is 23.9 Å². The van der Waals surface area contributed by atoms with E-state index in [1.165, 1.54) is 0 Å². The molecule has 0 aromatic rings. The van der Waals surface area contributed by atoms with Crippen molar-refractivity contribution in [3.8, 4) is 0 Å². The summed E-state index contributed by atoms with van der Waals surface area (Å²) in [4.78, 5) is 0. The predicted molar refractivity (Wildman–Crippen MR) is 92.5 cm³/mol. The second kappa shape index (κ2) is 4.87. The van der Waals surface area contributed by atoms with Crippen LogP contribution in [0.25, 0.3) is 0 Å². The van der Waals surface area contributed by atoms with Crippen LogP contribution in [0, 0.1) is 28.6 Å². The molecule has 0 amide bonds. The van der Waals surface area contributed by atoms with Crippen LogP contribution in [0.5, 0.6) is 0 Å². The minimum absolute atomic E-state index is 0.0532. The topological polar surface area (TPSA) is 101 Å². The molecule has 3 unspecified atom stereocenters. The van der Waals surface area contributed by atoms with E-state index in [0.717, 1.165) is 12.0 Å². The maximum atomic E-state index is 11.6. The van der Waals surface area contributed by atoms with E-state index in [1.807, 2.05) is 0 Å². The van der Waals surface area contributed by atoms with Crippen LogP contribution in [0.2, 0.25) is 0 Å². The largest absolute Gasteiger partial charge is 0.392 e. The second-order valence-electron chi connectivity index (χ2n) is 10.1. The van der Waals surface area contributed by atoms with Gasteiger partial charge in [-0.2, -0.15) is 0 Å². The Labute approximate surface area is 149 Å². The van der Waals surface area contributed by atoms with Gasteiger partial charge in [0.25, 0.3) is 0 Å². The van der Waals surface area contributed by atoms with Gasteiger partial charge in [-0.25, -0.2) is 0 Å². The summed E-state index contributed by atoms with van der Waals surface area (Å²) in [6.45, 7) is 9.67. The van der Waals surface area contributed by atoms with Crippen LogP contribution < -0.4 is 0 Å². The summed E-state index contributed by atoms with van der Waals surface area (Å²) in [6.07, 6.45) is 0.0421. The van der Waals surface area contributed by atoms with Crippen molar-refractivity contribution >= 4 is 0 Å². The second-order valence-corrected chi connectivity index (χ2v) is 10.1. The molecular formula is C20H32O5. The number of hydrogen-bond donors (Lipinski definition) is 5. The van der Waals surface area contributed by atoms with Crippen molar-refractivity contribution in [2.45, 2.75) is 82.4 Å². The van der Waals surface area contributed by atoms with Crippen molar-refractivity contribution in [2.24, 2.45) is 28.6 Å². The lowest BCUT2D eigenvalue weighted by Gasteiger charge is -2.46. The molecule has 0 saturated heterocycles. The van der Waals surface area contributed by atoms with Gasteiger partial charge in [0, 0.05) is 22.7 Å². The lowest BCUT2D eigenvalue weighted by molar-refractivity contribution is -0.174. The molecule has 25 heavy (non-hydrogen) atoms. The van der Waals surface area contributed by atoms with Crippen molar-refractivity contribution in [1.82, 2.24) is 0 Å². The zero-order valence-electron chi connectivity index (χ0n) is 15.4. The van der Waals surface area contributed by atoms with Crippen LogP contribution in [0.15, 0.2) is 12.2 Å². The molecule has 0 aromatic carbocycles. The van der Waals surface area contributed by atoms with Gasteiger partial charge in [0.15, 0.2) is 0 Å². The van der Waals surface area contributed by atoms with E-state index in [2.05, 4.69) is 6.58 Å². The Morgan fingerprint density at radius 1 is 0.960 bits per heavy atom. The third-order valence-electron chi connectivity index (χ3n) is 8.75. The third-order valence-corrected chi connectivity index (χ3v) is 8.75. The average Bonchev–Trinajstić information content (AvgIpc) is 2.71. The van der Waals surface area contributed by atoms with Crippen LogP contribution >= 0.6 is 0 Å². The fourth-order valence-corrected chi connectivity index (χ4v) is 7.23. The maximum absolute atomic E-state index is 11.6. The highest BCUT2D eigenvalue weighted by Gasteiger charge is 2.72. The molecule has 2 bridgehead atoms. The van der Waals surface area contributed by atoms with E-state index in [4.69, 9.17) is 0 Å². The zero-order chi connectivity index (χ0) is 18.6. The van der Waals surface area contributed by atoms with Gasteiger partial charge in [-0.3, -0.25) is 0 Å². The molecule has 9 atom stereocenters. The van der Waals surface area contributed by atoms with Crippen molar-refractivity contribution < 1.29 is 25.5 Å². The van der Waals surface area contributed by atoms with E-state index >= 15 is 0 Å². The predicted octanol–water partition coefficient (Wildman–Crippen LogP) is 0.974.